The molecule has 17 heavy (non-hydrogen) atoms. The first-order chi connectivity index (χ1) is 8.19. The molecule has 2 aliphatic heterocycles. The molecule has 0 N–H and O–H groups in total. The summed E-state index contributed by atoms with van der Waals surface area (Å²) >= 11 is 0. The molecule has 2 rings (SSSR count). The molecule has 0 aromatic rings. The quantitative estimate of drug-likeness (QED) is 0.733. The highest BCUT2D eigenvalue weighted by Gasteiger charge is 2.29. The van der Waals surface area contributed by atoms with Crippen LogP contribution < -0.4 is 0 Å². The van der Waals surface area contributed by atoms with Crippen LogP contribution in [0.3, 0.4) is 0 Å². The highest BCUT2D eigenvalue weighted by atomic mass is 15.3. The second-order valence-corrected chi connectivity index (χ2v) is 6.07. The number of hydrogen-bond acceptors (Lipinski definition) is 3. The number of hydrogen-bond donors (Lipinski definition) is 0. The molecule has 0 aromatic heterocycles. The van der Waals surface area contributed by atoms with Crippen LogP contribution in [-0.4, -0.2) is 73.1 Å². The Labute approximate surface area is 107 Å². The number of nitrogens with zero attached hydrogens (tertiary/aromatic N) is 3. The molecule has 2 saturated heterocycles. The molecule has 0 unspecified atom stereocenters. The number of likely N-dealkylation sites (N-methyl/N-ethyl adjacent to an activating group) is 1. The standard InChI is InChI=1S/C14H29N3/c1-4-15-6-5-14(12-15)17-9-7-16(8-10-17)11-13(2)3/h13-14H,4-12H2,1-3H3/t14-/m0/s1. The molecule has 2 heterocycles. The molecule has 100 valence electrons. The molecule has 0 radical (unpaired) electrons. The van der Waals surface area contributed by atoms with Crippen molar-refractivity contribution in [2.45, 2.75) is 33.2 Å². The fourth-order valence-corrected chi connectivity index (χ4v) is 3.22. The van der Waals surface area contributed by atoms with Crippen LogP contribution in [0, 0.1) is 5.92 Å². The van der Waals surface area contributed by atoms with E-state index in [-0.39, 0.29) is 0 Å². The second kappa shape index (κ2) is 6.17. The summed E-state index contributed by atoms with van der Waals surface area (Å²) in [5, 5.41) is 0. The first kappa shape index (κ1) is 13.3. The molecule has 0 amide bonds. The zero-order chi connectivity index (χ0) is 12.3. The van der Waals surface area contributed by atoms with Crippen molar-refractivity contribution in [3.05, 3.63) is 0 Å². The Morgan fingerprint density at radius 1 is 1.00 bits per heavy atom. The summed E-state index contributed by atoms with van der Waals surface area (Å²) in [6.45, 7) is 17.2. The Balaban J connectivity index is 1.72. The maximum absolute atomic E-state index is 2.73. The van der Waals surface area contributed by atoms with E-state index in [0.29, 0.717) is 0 Å². The maximum atomic E-state index is 2.73. The van der Waals surface area contributed by atoms with Crippen molar-refractivity contribution in [3.63, 3.8) is 0 Å². The van der Waals surface area contributed by atoms with Crippen molar-refractivity contribution in [1.82, 2.24) is 14.7 Å². The number of likely N-dealkylation sites (tertiary alicyclic amines) is 1. The second-order valence-electron chi connectivity index (χ2n) is 6.07. The van der Waals surface area contributed by atoms with E-state index in [0.717, 1.165) is 12.0 Å². The lowest BCUT2D eigenvalue weighted by molar-refractivity contribution is 0.0910. The van der Waals surface area contributed by atoms with Crippen molar-refractivity contribution < 1.29 is 0 Å². The summed E-state index contributed by atoms with van der Waals surface area (Å²) in [6, 6.07) is 0.844. The third-order valence-electron chi connectivity index (χ3n) is 4.24. The van der Waals surface area contributed by atoms with Crippen LogP contribution in [0.2, 0.25) is 0 Å². The monoisotopic (exact) mass is 239 g/mol. The predicted octanol–water partition coefficient (Wildman–Crippen LogP) is 1.35. The Morgan fingerprint density at radius 3 is 2.24 bits per heavy atom. The Hall–Kier alpha value is -0.120. The SMILES string of the molecule is CCN1CC[C@H](N2CCN(CC(C)C)CC2)C1. The van der Waals surface area contributed by atoms with E-state index < -0.39 is 0 Å². The van der Waals surface area contributed by atoms with Gasteiger partial charge in [0.25, 0.3) is 0 Å². The van der Waals surface area contributed by atoms with Crippen LogP contribution in [0.4, 0.5) is 0 Å². The van der Waals surface area contributed by atoms with Gasteiger partial charge in [-0.3, -0.25) is 4.90 Å². The first-order valence-electron chi connectivity index (χ1n) is 7.37. The molecule has 1 atom stereocenters. The van der Waals surface area contributed by atoms with Gasteiger partial charge in [-0.25, -0.2) is 0 Å². The van der Waals surface area contributed by atoms with Gasteiger partial charge < -0.3 is 9.80 Å². The molecule has 0 aromatic carbocycles. The minimum Gasteiger partial charge on any atom is -0.302 e. The molecule has 3 nitrogen and oxygen atoms in total. The molecule has 0 saturated carbocycles. The van der Waals surface area contributed by atoms with Gasteiger partial charge in [-0.05, 0) is 25.4 Å². The van der Waals surface area contributed by atoms with Gasteiger partial charge in [0, 0.05) is 45.3 Å². The topological polar surface area (TPSA) is 9.72 Å². The van der Waals surface area contributed by atoms with Crippen molar-refractivity contribution in [2.75, 3.05) is 52.4 Å². The highest BCUT2D eigenvalue weighted by Crippen LogP contribution is 2.17. The van der Waals surface area contributed by atoms with Crippen LogP contribution in [0.25, 0.3) is 0 Å². The summed E-state index contributed by atoms with van der Waals surface area (Å²) in [5.74, 6) is 0.809. The lowest BCUT2D eigenvalue weighted by atomic mass is 10.1. The van der Waals surface area contributed by atoms with Gasteiger partial charge in [0.2, 0.25) is 0 Å². The summed E-state index contributed by atoms with van der Waals surface area (Å²) in [5.41, 5.74) is 0. The van der Waals surface area contributed by atoms with Crippen LogP contribution >= 0.6 is 0 Å². The predicted molar refractivity (Wildman–Crippen MR) is 73.4 cm³/mol. The fraction of sp³-hybridized carbons (Fsp3) is 1.00. The van der Waals surface area contributed by atoms with Crippen LogP contribution in [0.5, 0.6) is 0 Å². The van der Waals surface area contributed by atoms with Gasteiger partial charge in [-0.15, -0.1) is 0 Å². The molecule has 0 spiro atoms. The van der Waals surface area contributed by atoms with E-state index >= 15 is 0 Å². The van der Waals surface area contributed by atoms with E-state index in [1.54, 1.807) is 0 Å². The lowest BCUT2D eigenvalue weighted by Gasteiger charge is -2.38. The molecule has 3 heteroatoms. The Bertz CT molecular complexity index is 222. The summed E-state index contributed by atoms with van der Waals surface area (Å²) in [4.78, 5) is 7.95. The minimum absolute atomic E-state index is 0.809. The van der Waals surface area contributed by atoms with Crippen molar-refractivity contribution >= 4 is 0 Å². The van der Waals surface area contributed by atoms with Crippen LogP contribution in [0.15, 0.2) is 0 Å². The molecule has 0 bridgehead atoms. The van der Waals surface area contributed by atoms with Gasteiger partial charge in [0.15, 0.2) is 0 Å². The van der Waals surface area contributed by atoms with Gasteiger partial charge in [-0.1, -0.05) is 20.8 Å². The number of rotatable bonds is 4. The van der Waals surface area contributed by atoms with Crippen molar-refractivity contribution in [2.24, 2.45) is 5.92 Å². The van der Waals surface area contributed by atoms with E-state index in [4.69, 9.17) is 0 Å². The summed E-state index contributed by atoms with van der Waals surface area (Å²) in [7, 11) is 0. The van der Waals surface area contributed by atoms with Gasteiger partial charge in [0.1, 0.15) is 0 Å². The maximum Gasteiger partial charge on any atom is 0.0236 e. The molecule has 0 aliphatic carbocycles. The van der Waals surface area contributed by atoms with E-state index in [1.807, 2.05) is 0 Å². The molecule has 2 aliphatic rings. The summed E-state index contributed by atoms with van der Waals surface area (Å²) in [6.07, 6.45) is 1.39. The smallest absolute Gasteiger partial charge is 0.0236 e. The average molecular weight is 239 g/mol. The van der Waals surface area contributed by atoms with Crippen LogP contribution in [0.1, 0.15) is 27.2 Å². The molecular formula is C14H29N3. The summed E-state index contributed by atoms with van der Waals surface area (Å²) < 4.78 is 0. The van der Waals surface area contributed by atoms with E-state index in [9.17, 15) is 0 Å². The third-order valence-corrected chi connectivity index (χ3v) is 4.24. The minimum atomic E-state index is 0.809. The zero-order valence-corrected chi connectivity index (χ0v) is 11.9. The van der Waals surface area contributed by atoms with Crippen LogP contribution in [-0.2, 0) is 0 Å². The van der Waals surface area contributed by atoms with Crippen molar-refractivity contribution in [3.8, 4) is 0 Å². The first-order valence-corrected chi connectivity index (χ1v) is 7.37. The Morgan fingerprint density at radius 2 is 1.71 bits per heavy atom. The van der Waals surface area contributed by atoms with E-state index in [2.05, 4.69) is 35.5 Å². The van der Waals surface area contributed by atoms with E-state index in [1.165, 1.54) is 58.8 Å². The average Bonchev–Trinajstić information content (AvgIpc) is 2.78. The largest absolute Gasteiger partial charge is 0.302 e. The zero-order valence-electron chi connectivity index (χ0n) is 11.9. The number of piperazine rings is 1. The third kappa shape index (κ3) is 3.67. The fourth-order valence-electron chi connectivity index (χ4n) is 3.22. The normalized spacial score (nSPS) is 29.3. The highest BCUT2D eigenvalue weighted by molar-refractivity contribution is 4.85. The molecular weight excluding hydrogens is 210 g/mol. The Kier molecular flexibility index (Phi) is 4.83. The van der Waals surface area contributed by atoms with Gasteiger partial charge >= 0.3 is 0 Å². The lowest BCUT2D eigenvalue weighted by Crippen LogP contribution is -2.51. The van der Waals surface area contributed by atoms with Gasteiger partial charge in [0.05, 0.1) is 0 Å². The van der Waals surface area contributed by atoms with Gasteiger partial charge in [-0.2, -0.15) is 0 Å². The van der Waals surface area contributed by atoms with Crippen molar-refractivity contribution in [1.29, 1.82) is 0 Å². The molecule has 2 fully saturated rings.